The highest BCUT2D eigenvalue weighted by Gasteiger charge is 2.41. The number of rotatable bonds is 4. The quantitative estimate of drug-likeness (QED) is 0.543. The molecule has 2 amide bonds. The van der Waals surface area contributed by atoms with Crippen molar-refractivity contribution in [1.29, 1.82) is 10.5 Å². The van der Waals surface area contributed by atoms with Crippen LogP contribution in [0, 0.1) is 34.5 Å². The monoisotopic (exact) mass is 384 g/mol. The van der Waals surface area contributed by atoms with Crippen molar-refractivity contribution in [2.75, 3.05) is 13.1 Å². The first-order valence-corrected chi connectivity index (χ1v) is 10.0. The van der Waals surface area contributed by atoms with Gasteiger partial charge < -0.3 is 21.3 Å². The van der Waals surface area contributed by atoms with E-state index in [0.29, 0.717) is 18.7 Å². The van der Waals surface area contributed by atoms with Gasteiger partial charge in [-0.05, 0) is 39.7 Å². The molecule has 0 radical (unpaired) electrons. The van der Waals surface area contributed by atoms with E-state index in [0.717, 1.165) is 24.8 Å². The molecular weight excluding hydrogens is 356 g/mol. The fraction of sp³-hybridized carbons (Fsp3) is 0.700. The Labute approximate surface area is 165 Å². The van der Waals surface area contributed by atoms with Gasteiger partial charge in [0.05, 0.1) is 24.5 Å². The van der Waals surface area contributed by atoms with Gasteiger partial charge in [0.15, 0.2) is 0 Å². The fourth-order valence-electron chi connectivity index (χ4n) is 4.61. The summed E-state index contributed by atoms with van der Waals surface area (Å²) in [5, 5.41) is 30.9. The van der Waals surface area contributed by atoms with Crippen LogP contribution < -0.4 is 21.3 Å². The molecular formula is C20H28N6O2. The smallest absolute Gasteiger partial charge is 0.247 e. The normalized spacial score (nSPS) is 33.7. The molecule has 0 aromatic carbocycles. The summed E-state index contributed by atoms with van der Waals surface area (Å²) in [6.45, 7) is 5.14. The van der Waals surface area contributed by atoms with Crippen molar-refractivity contribution in [3.8, 4) is 12.1 Å². The van der Waals surface area contributed by atoms with Gasteiger partial charge in [-0.2, -0.15) is 10.5 Å². The Morgan fingerprint density at radius 3 is 2.68 bits per heavy atom. The average molecular weight is 384 g/mol. The van der Waals surface area contributed by atoms with Gasteiger partial charge in [-0.1, -0.05) is 5.57 Å². The first-order chi connectivity index (χ1) is 13.4. The van der Waals surface area contributed by atoms with Gasteiger partial charge in [0.2, 0.25) is 11.8 Å². The molecule has 3 heterocycles. The number of amides is 2. The third-order valence-corrected chi connectivity index (χ3v) is 6.28. The van der Waals surface area contributed by atoms with Crippen molar-refractivity contribution in [3.05, 3.63) is 11.1 Å². The number of nitriles is 2. The molecule has 0 aliphatic carbocycles. The highest BCUT2D eigenvalue weighted by molar-refractivity contribution is 6.00. The predicted molar refractivity (Wildman–Crippen MR) is 102 cm³/mol. The molecule has 0 aromatic heterocycles. The molecule has 28 heavy (non-hydrogen) atoms. The Morgan fingerprint density at radius 1 is 1.25 bits per heavy atom. The lowest BCUT2D eigenvalue weighted by atomic mass is 9.76. The lowest BCUT2D eigenvalue weighted by molar-refractivity contribution is -0.124. The highest BCUT2D eigenvalue weighted by atomic mass is 16.2. The number of fused-ring (bicyclic) bond motifs is 1. The third kappa shape index (κ3) is 4.19. The molecule has 0 bridgehead atoms. The first-order valence-electron chi connectivity index (χ1n) is 10.0. The molecule has 4 N–H and O–H groups in total. The Bertz CT molecular complexity index is 741. The van der Waals surface area contributed by atoms with Crippen LogP contribution >= 0.6 is 0 Å². The van der Waals surface area contributed by atoms with E-state index in [2.05, 4.69) is 33.4 Å². The highest BCUT2D eigenvalue weighted by Crippen LogP contribution is 2.32. The summed E-state index contributed by atoms with van der Waals surface area (Å²) in [5.74, 6) is -0.465. The predicted octanol–water partition coefficient (Wildman–Crippen LogP) is 0.0896. The lowest BCUT2D eigenvalue weighted by Crippen LogP contribution is -2.58. The van der Waals surface area contributed by atoms with E-state index in [4.69, 9.17) is 5.26 Å². The minimum absolute atomic E-state index is 0.0108. The molecule has 2 fully saturated rings. The molecule has 3 rings (SSSR count). The van der Waals surface area contributed by atoms with Crippen LogP contribution in [0.4, 0.5) is 0 Å². The van der Waals surface area contributed by atoms with Gasteiger partial charge in [-0.3, -0.25) is 9.59 Å². The summed E-state index contributed by atoms with van der Waals surface area (Å²) in [4.78, 5) is 25.2. The van der Waals surface area contributed by atoms with E-state index in [1.54, 1.807) is 0 Å². The van der Waals surface area contributed by atoms with Crippen LogP contribution in [0.25, 0.3) is 0 Å². The fourth-order valence-corrected chi connectivity index (χ4v) is 4.61. The van der Waals surface area contributed by atoms with E-state index in [1.807, 2.05) is 13.8 Å². The van der Waals surface area contributed by atoms with Crippen LogP contribution in [-0.2, 0) is 9.59 Å². The molecule has 3 aliphatic rings. The van der Waals surface area contributed by atoms with E-state index in [1.165, 1.54) is 0 Å². The number of carbonyl (C=O) groups excluding carboxylic acids is 2. The number of hydrogen-bond acceptors (Lipinski definition) is 6. The molecule has 6 atom stereocenters. The minimum Gasteiger partial charge on any atom is -0.352 e. The van der Waals surface area contributed by atoms with Crippen LogP contribution in [0.5, 0.6) is 0 Å². The van der Waals surface area contributed by atoms with E-state index < -0.39 is 0 Å². The summed E-state index contributed by atoms with van der Waals surface area (Å²) >= 11 is 0. The van der Waals surface area contributed by atoms with Crippen LogP contribution in [0.3, 0.4) is 0 Å². The number of hydrogen-bond donors (Lipinski definition) is 4. The molecule has 0 saturated carbocycles. The molecule has 150 valence electrons. The number of carbonyl (C=O) groups is 2. The second-order valence-electron chi connectivity index (χ2n) is 8.07. The minimum atomic E-state index is -0.351. The average Bonchev–Trinajstić information content (AvgIpc) is 2.70. The Morgan fingerprint density at radius 2 is 2.04 bits per heavy atom. The van der Waals surface area contributed by atoms with Crippen molar-refractivity contribution in [3.63, 3.8) is 0 Å². The number of piperidine rings is 2. The van der Waals surface area contributed by atoms with Gasteiger partial charge in [0.25, 0.3) is 0 Å². The summed E-state index contributed by atoms with van der Waals surface area (Å²) in [5.41, 5.74) is 1.30. The molecule has 8 nitrogen and oxygen atoms in total. The van der Waals surface area contributed by atoms with Gasteiger partial charge in [-0.25, -0.2) is 0 Å². The summed E-state index contributed by atoms with van der Waals surface area (Å²) in [6.07, 6.45) is 2.45. The SMILES string of the molecule is CC1=C(CC(=O)NC(C)C2CCC(C#N)CN2)C(=O)NC2CCNC(C#N)C12. The first kappa shape index (κ1) is 20.3. The second kappa shape index (κ2) is 8.72. The zero-order valence-corrected chi connectivity index (χ0v) is 16.4. The Hall–Kier alpha value is -2.42. The third-order valence-electron chi connectivity index (χ3n) is 6.28. The van der Waals surface area contributed by atoms with E-state index in [-0.39, 0.29) is 54.2 Å². The molecule has 3 aliphatic heterocycles. The lowest BCUT2D eigenvalue weighted by Gasteiger charge is -2.41. The topological polar surface area (TPSA) is 130 Å². The van der Waals surface area contributed by atoms with Gasteiger partial charge in [-0.15, -0.1) is 0 Å². The van der Waals surface area contributed by atoms with Crippen molar-refractivity contribution in [2.45, 2.75) is 63.7 Å². The molecule has 8 heteroatoms. The molecule has 2 saturated heterocycles. The molecule has 0 aromatic rings. The van der Waals surface area contributed by atoms with Crippen molar-refractivity contribution < 1.29 is 9.59 Å². The number of nitrogens with zero attached hydrogens (tertiary/aromatic N) is 2. The maximum Gasteiger partial charge on any atom is 0.247 e. The standard InChI is InChI=1S/C20H28N6O2/c1-11-14(20(28)26-16-5-6-23-17(9-22)19(11)16)7-18(27)25-12(2)15-4-3-13(8-21)10-24-15/h12-13,15-17,19,23-24H,3-7,10H2,1-2H3,(H,25,27)(H,26,28). The maximum atomic E-state index is 12.6. The summed E-state index contributed by atoms with van der Waals surface area (Å²) in [7, 11) is 0. The van der Waals surface area contributed by atoms with Gasteiger partial charge in [0.1, 0.15) is 6.04 Å². The van der Waals surface area contributed by atoms with E-state index >= 15 is 0 Å². The second-order valence-corrected chi connectivity index (χ2v) is 8.07. The number of nitrogens with one attached hydrogen (secondary N) is 4. The van der Waals surface area contributed by atoms with Crippen molar-refractivity contribution in [1.82, 2.24) is 21.3 Å². The van der Waals surface area contributed by atoms with E-state index in [9.17, 15) is 14.9 Å². The Kier molecular flexibility index (Phi) is 6.33. The van der Waals surface area contributed by atoms with Gasteiger partial charge >= 0.3 is 0 Å². The van der Waals surface area contributed by atoms with Crippen molar-refractivity contribution >= 4 is 11.8 Å². The van der Waals surface area contributed by atoms with Crippen LogP contribution in [0.15, 0.2) is 11.1 Å². The molecule has 6 unspecified atom stereocenters. The summed E-state index contributed by atoms with van der Waals surface area (Å²) in [6, 6.07) is 4.18. The maximum absolute atomic E-state index is 12.6. The Balaban J connectivity index is 1.63. The largest absolute Gasteiger partial charge is 0.352 e. The van der Waals surface area contributed by atoms with Crippen molar-refractivity contribution in [2.24, 2.45) is 11.8 Å². The van der Waals surface area contributed by atoms with Gasteiger partial charge in [0, 0.05) is 36.2 Å². The zero-order valence-electron chi connectivity index (χ0n) is 16.4. The van der Waals surface area contributed by atoms with Crippen LogP contribution in [-0.4, -0.2) is 49.1 Å². The molecule has 0 spiro atoms. The summed E-state index contributed by atoms with van der Waals surface area (Å²) < 4.78 is 0. The van der Waals surface area contributed by atoms with Crippen LogP contribution in [0.1, 0.15) is 39.5 Å². The van der Waals surface area contributed by atoms with Crippen LogP contribution in [0.2, 0.25) is 0 Å². The zero-order chi connectivity index (χ0) is 20.3.